The number of rotatable bonds is 7. The van der Waals surface area contributed by atoms with Gasteiger partial charge in [0.1, 0.15) is 11.6 Å². The van der Waals surface area contributed by atoms with Crippen LogP contribution in [0.5, 0.6) is 11.5 Å². The Labute approximate surface area is 172 Å². The van der Waals surface area contributed by atoms with Gasteiger partial charge in [0, 0.05) is 11.8 Å². The van der Waals surface area contributed by atoms with Gasteiger partial charge in [-0.25, -0.2) is 4.39 Å². The fourth-order valence-corrected chi connectivity index (χ4v) is 3.10. The van der Waals surface area contributed by atoms with Crippen molar-refractivity contribution >= 4 is 23.2 Å². The molecule has 8 heteroatoms. The lowest BCUT2D eigenvalue weighted by molar-refractivity contribution is 0.402. The van der Waals surface area contributed by atoms with Crippen LogP contribution in [0.4, 0.5) is 16.0 Å². The van der Waals surface area contributed by atoms with Gasteiger partial charge in [-0.1, -0.05) is 30.7 Å². The average molecular weight is 418 g/mol. The molecule has 0 saturated heterocycles. The summed E-state index contributed by atoms with van der Waals surface area (Å²) in [4.78, 5) is 16.4. The maximum atomic E-state index is 13.5. The van der Waals surface area contributed by atoms with Crippen molar-refractivity contribution in [2.24, 2.45) is 0 Å². The third-order valence-electron chi connectivity index (χ3n) is 4.46. The zero-order valence-electron chi connectivity index (χ0n) is 16.3. The Bertz CT molecular complexity index is 1090. The second-order valence-electron chi connectivity index (χ2n) is 6.32. The highest BCUT2D eigenvalue weighted by Crippen LogP contribution is 2.26. The summed E-state index contributed by atoms with van der Waals surface area (Å²) in [6.07, 6.45) is 2.33. The van der Waals surface area contributed by atoms with Crippen LogP contribution < -0.4 is 20.3 Å². The van der Waals surface area contributed by atoms with Crippen LogP contribution >= 0.6 is 11.6 Å². The fraction of sp³-hybridized carbons (Fsp3) is 0.238. The summed E-state index contributed by atoms with van der Waals surface area (Å²) in [7, 11) is 2.99. The van der Waals surface area contributed by atoms with Crippen LogP contribution in [0.3, 0.4) is 0 Å². The van der Waals surface area contributed by atoms with E-state index >= 15 is 0 Å². The van der Waals surface area contributed by atoms with Gasteiger partial charge in [0.2, 0.25) is 11.7 Å². The third-order valence-corrected chi connectivity index (χ3v) is 4.75. The first-order valence-electron chi connectivity index (χ1n) is 8.98. The Morgan fingerprint density at radius 3 is 2.62 bits per heavy atom. The summed E-state index contributed by atoms with van der Waals surface area (Å²) < 4.78 is 25.6. The van der Waals surface area contributed by atoms with E-state index in [1.54, 1.807) is 23.9 Å². The summed E-state index contributed by atoms with van der Waals surface area (Å²) in [6.45, 7) is 2.33. The van der Waals surface area contributed by atoms with Gasteiger partial charge in [0.25, 0.3) is 0 Å². The standard InChI is InChI=1S/C21H21ClFN3O3/c1-4-14-6-7-15(28-2)10-18(14)24-21-25-20(27)19(29-3)12-26(21)11-13-5-8-17(23)16(22)9-13/h5-10,12H,4,11H2,1-3H3,(H,24,25,27). The number of methoxy groups -OCH3 is 2. The molecule has 0 unspecified atom stereocenters. The van der Waals surface area contributed by atoms with E-state index in [2.05, 4.69) is 10.3 Å². The van der Waals surface area contributed by atoms with Gasteiger partial charge in [-0.3, -0.25) is 4.79 Å². The summed E-state index contributed by atoms with van der Waals surface area (Å²) in [6, 6.07) is 10.1. The lowest BCUT2D eigenvalue weighted by Crippen LogP contribution is -2.19. The molecule has 0 aliphatic rings. The van der Waals surface area contributed by atoms with E-state index in [0.29, 0.717) is 18.2 Å². The number of ether oxygens (including phenoxy) is 2. The molecular weight excluding hydrogens is 397 g/mol. The lowest BCUT2D eigenvalue weighted by atomic mass is 10.1. The minimum Gasteiger partial charge on any atom is -0.497 e. The Morgan fingerprint density at radius 2 is 1.97 bits per heavy atom. The Morgan fingerprint density at radius 1 is 1.17 bits per heavy atom. The van der Waals surface area contributed by atoms with Crippen molar-refractivity contribution in [3.8, 4) is 11.5 Å². The van der Waals surface area contributed by atoms with Gasteiger partial charge < -0.3 is 19.4 Å². The second-order valence-corrected chi connectivity index (χ2v) is 6.72. The van der Waals surface area contributed by atoms with E-state index in [1.807, 2.05) is 25.1 Å². The van der Waals surface area contributed by atoms with Crippen LogP contribution in [0.1, 0.15) is 18.1 Å². The van der Waals surface area contributed by atoms with Crippen molar-refractivity contribution in [2.45, 2.75) is 19.9 Å². The van der Waals surface area contributed by atoms with Crippen LogP contribution in [0.25, 0.3) is 0 Å². The molecule has 0 bridgehead atoms. The molecule has 3 rings (SSSR count). The van der Waals surface area contributed by atoms with Gasteiger partial charge in [0.15, 0.2) is 0 Å². The van der Waals surface area contributed by atoms with Gasteiger partial charge in [-0.2, -0.15) is 4.98 Å². The third kappa shape index (κ3) is 4.68. The van der Waals surface area contributed by atoms with Crippen molar-refractivity contribution in [3.63, 3.8) is 0 Å². The Kier molecular flexibility index (Phi) is 6.39. The van der Waals surface area contributed by atoms with Gasteiger partial charge in [0.05, 0.1) is 32.0 Å². The number of aryl methyl sites for hydroxylation is 1. The van der Waals surface area contributed by atoms with Crippen molar-refractivity contribution < 1.29 is 13.9 Å². The number of hydrogen-bond acceptors (Lipinski definition) is 5. The highest BCUT2D eigenvalue weighted by atomic mass is 35.5. The predicted molar refractivity (Wildman–Crippen MR) is 111 cm³/mol. The van der Waals surface area contributed by atoms with Crippen LogP contribution in [0, 0.1) is 5.82 Å². The van der Waals surface area contributed by atoms with E-state index < -0.39 is 11.4 Å². The van der Waals surface area contributed by atoms with Crippen molar-refractivity contribution in [1.29, 1.82) is 0 Å². The molecule has 29 heavy (non-hydrogen) atoms. The van der Waals surface area contributed by atoms with E-state index in [1.165, 1.54) is 19.2 Å². The van der Waals surface area contributed by atoms with Crippen molar-refractivity contribution in [1.82, 2.24) is 9.55 Å². The highest BCUT2D eigenvalue weighted by Gasteiger charge is 2.13. The van der Waals surface area contributed by atoms with E-state index in [-0.39, 0.29) is 10.8 Å². The summed E-state index contributed by atoms with van der Waals surface area (Å²) >= 11 is 5.90. The highest BCUT2D eigenvalue weighted by molar-refractivity contribution is 6.30. The molecule has 1 aromatic heterocycles. The van der Waals surface area contributed by atoms with Crippen LogP contribution in [-0.4, -0.2) is 23.8 Å². The van der Waals surface area contributed by atoms with E-state index in [9.17, 15) is 9.18 Å². The number of benzene rings is 2. The molecule has 6 nitrogen and oxygen atoms in total. The maximum Gasteiger partial charge on any atom is 0.316 e. The predicted octanol–water partition coefficient (Wildman–Crippen LogP) is 4.41. The smallest absolute Gasteiger partial charge is 0.316 e. The maximum absolute atomic E-state index is 13.5. The lowest BCUT2D eigenvalue weighted by Gasteiger charge is -2.17. The molecule has 3 aromatic rings. The Balaban J connectivity index is 2.05. The van der Waals surface area contributed by atoms with Crippen molar-refractivity contribution in [3.05, 3.63) is 74.9 Å². The van der Waals surface area contributed by atoms with Crippen molar-refractivity contribution in [2.75, 3.05) is 19.5 Å². The number of anilines is 2. The van der Waals surface area contributed by atoms with Gasteiger partial charge in [-0.05, 0) is 35.7 Å². The fourth-order valence-electron chi connectivity index (χ4n) is 2.90. The first-order chi connectivity index (χ1) is 13.9. The molecule has 2 aromatic carbocycles. The zero-order valence-corrected chi connectivity index (χ0v) is 17.1. The second kappa shape index (κ2) is 8.96. The molecule has 0 fully saturated rings. The summed E-state index contributed by atoms with van der Waals surface area (Å²) in [5, 5.41) is 3.24. The number of aromatic nitrogens is 2. The molecule has 152 valence electrons. The average Bonchev–Trinajstić information content (AvgIpc) is 2.72. The number of halogens is 2. The molecule has 0 radical (unpaired) electrons. The molecule has 1 N–H and O–H groups in total. The molecule has 0 amide bonds. The molecule has 0 spiro atoms. The monoisotopic (exact) mass is 417 g/mol. The molecular formula is C21H21ClFN3O3. The zero-order chi connectivity index (χ0) is 21.0. The van der Waals surface area contributed by atoms with Crippen LogP contribution in [-0.2, 0) is 13.0 Å². The first kappa shape index (κ1) is 20.7. The largest absolute Gasteiger partial charge is 0.497 e. The Hall–Kier alpha value is -3.06. The molecule has 0 atom stereocenters. The van der Waals surface area contributed by atoms with Gasteiger partial charge >= 0.3 is 5.56 Å². The molecule has 0 aliphatic heterocycles. The minimum atomic E-state index is -0.496. The van der Waals surface area contributed by atoms with E-state index in [4.69, 9.17) is 21.1 Å². The summed E-state index contributed by atoms with van der Waals surface area (Å²) in [5.41, 5.74) is 2.06. The molecule has 0 aliphatic carbocycles. The van der Waals surface area contributed by atoms with Crippen LogP contribution in [0.2, 0.25) is 5.02 Å². The summed E-state index contributed by atoms with van der Waals surface area (Å²) in [5.74, 6) is 0.607. The normalized spacial score (nSPS) is 10.7. The number of nitrogens with one attached hydrogen (secondary N) is 1. The number of nitrogens with zero attached hydrogens (tertiary/aromatic N) is 2. The first-order valence-corrected chi connectivity index (χ1v) is 9.36. The molecule has 1 heterocycles. The van der Waals surface area contributed by atoms with Crippen LogP contribution in [0.15, 0.2) is 47.4 Å². The molecule has 0 saturated carbocycles. The SMILES string of the molecule is CCc1ccc(OC)cc1Nc1nc(=O)c(OC)cn1Cc1ccc(F)c(Cl)c1. The van der Waals surface area contributed by atoms with Gasteiger partial charge in [-0.15, -0.1) is 0 Å². The topological polar surface area (TPSA) is 65.4 Å². The number of hydrogen-bond donors (Lipinski definition) is 1. The quantitative estimate of drug-likeness (QED) is 0.617. The van der Waals surface area contributed by atoms with E-state index in [0.717, 1.165) is 23.2 Å². The minimum absolute atomic E-state index is 0.0269.